The van der Waals surface area contributed by atoms with Gasteiger partial charge < -0.3 is 9.47 Å². The van der Waals surface area contributed by atoms with Gasteiger partial charge >= 0.3 is 0 Å². The first kappa shape index (κ1) is 19.5. The molecule has 0 aliphatic rings. The predicted octanol–water partition coefficient (Wildman–Crippen LogP) is 5.64. The van der Waals surface area contributed by atoms with Gasteiger partial charge in [-0.2, -0.15) is 5.10 Å². The second-order valence-electron chi connectivity index (χ2n) is 5.75. The molecule has 0 aliphatic carbocycles. The van der Waals surface area contributed by atoms with E-state index in [0.717, 1.165) is 21.4 Å². The highest BCUT2D eigenvalue weighted by molar-refractivity contribution is 9.10. The number of anilines is 2. The summed E-state index contributed by atoms with van der Waals surface area (Å²) in [4.78, 5) is 0. The number of para-hydroxylation sites is 2. The van der Waals surface area contributed by atoms with E-state index in [1.54, 1.807) is 13.3 Å². The van der Waals surface area contributed by atoms with E-state index < -0.39 is 0 Å². The summed E-state index contributed by atoms with van der Waals surface area (Å²) >= 11 is 3.52. The van der Waals surface area contributed by atoms with Crippen LogP contribution in [0.1, 0.15) is 5.56 Å². The van der Waals surface area contributed by atoms with Crippen molar-refractivity contribution in [3.05, 3.63) is 82.8 Å². The van der Waals surface area contributed by atoms with Crippen LogP contribution in [0.4, 0.5) is 11.4 Å². The molecule has 5 heteroatoms. The molecule has 4 nitrogen and oxygen atoms in total. The van der Waals surface area contributed by atoms with Crippen molar-refractivity contribution in [2.45, 2.75) is 0 Å². The maximum Gasteiger partial charge on any atom is 0.176 e. The number of terminal acetylenes is 1. The average molecular weight is 435 g/mol. The van der Waals surface area contributed by atoms with Gasteiger partial charge in [-0.1, -0.05) is 42.3 Å². The molecule has 3 rings (SSSR count). The fourth-order valence-corrected chi connectivity index (χ4v) is 3.19. The number of hydrogen-bond acceptors (Lipinski definition) is 4. The van der Waals surface area contributed by atoms with E-state index >= 15 is 0 Å². The molecule has 3 aromatic carbocycles. The lowest BCUT2D eigenvalue weighted by atomic mass is 10.2. The lowest BCUT2D eigenvalue weighted by molar-refractivity contribution is 0.329. The van der Waals surface area contributed by atoms with Crippen LogP contribution >= 0.6 is 15.9 Å². The first-order valence-electron chi connectivity index (χ1n) is 8.61. The van der Waals surface area contributed by atoms with Crippen LogP contribution < -0.4 is 14.5 Å². The van der Waals surface area contributed by atoms with Gasteiger partial charge in [0.2, 0.25) is 0 Å². The molecule has 0 radical (unpaired) electrons. The molecule has 0 bridgehead atoms. The van der Waals surface area contributed by atoms with E-state index in [0.29, 0.717) is 11.5 Å². The van der Waals surface area contributed by atoms with E-state index in [-0.39, 0.29) is 6.61 Å². The second-order valence-corrected chi connectivity index (χ2v) is 6.61. The summed E-state index contributed by atoms with van der Waals surface area (Å²) in [5.41, 5.74) is 2.78. The van der Waals surface area contributed by atoms with Crippen LogP contribution in [0.5, 0.6) is 11.5 Å². The molecule has 0 heterocycles. The lowest BCUT2D eigenvalue weighted by Crippen LogP contribution is -2.09. The Bertz CT molecular complexity index is 943. The Balaban J connectivity index is 1.95. The van der Waals surface area contributed by atoms with Gasteiger partial charge in [-0.15, -0.1) is 6.42 Å². The Kier molecular flexibility index (Phi) is 6.72. The van der Waals surface area contributed by atoms with E-state index in [1.807, 2.05) is 77.8 Å². The minimum atomic E-state index is 0.165. The minimum Gasteiger partial charge on any atom is -0.493 e. The van der Waals surface area contributed by atoms with Crippen LogP contribution in [0.3, 0.4) is 0 Å². The van der Waals surface area contributed by atoms with Crippen LogP contribution in [0.15, 0.2) is 82.4 Å². The molecule has 0 aromatic heterocycles. The fourth-order valence-electron chi connectivity index (χ4n) is 2.61. The van der Waals surface area contributed by atoms with E-state index in [4.69, 9.17) is 21.0 Å². The zero-order valence-electron chi connectivity index (χ0n) is 15.4. The first-order valence-corrected chi connectivity index (χ1v) is 9.40. The number of benzene rings is 3. The number of methoxy groups -OCH3 is 1. The Labute approximate surface area is 173 Å². The first-order chi connectivity index (χ1) is 13.7. The second kappa shape index (κ2) is 9.63. The standard InChI is InChI=1S/C23H19BrN2O2/c1-3-14-28-23-21(24)15-18(16-22(23)27-2)17-25-26(19-10-6-4-7-11-19)20-12-8-5-9-13-20/h1,4-13,15-17H,14H2,2H3/b25-17-. The van der Waals surface area contributed by atoms with Gasteiger partial charge in [0.15, 0.2) is 11.5 Å². The van der Waals surface area contributed by atoms with Crippen LogP contribution in [0.2, 0.25) is 0 Å². The van der Waals surface area contributed by atoms with Crippen molar-refractivity contribution in [1.29, 1.82) is 0 Å². The third kappa shape index (κ3) is 4.73. The summed E-state index contributed by atoms with van der Waals surface area (Å²) < 4.78 is 11.8. The van der Waals surface area contributed by atoms with Gasteiger partial charge in [0.05, 0.1) is 29.2 Å². The summed E-state index contributed by atoms with van der Waals surface area (Å²) in [5.74, 6) is 3.60. The average Bonchev–Trinajstić information content (AvgIpc) is 2.74. The molecule has 0 amide bonds. The molecule has 0 N–H and O–H groups in total. The number of hydrazone groups is 1. The number of hydrogen-bond donors (Lipinski definition) is 0. The number of ether oxygens (including phenoxy) is 2. The van der Waals surface area contributed by atoms with Gasteiger partial charge in [-0.05, 0) is 57.9 Å². The smallest absolute Gasteiger partial charge is 0.176 e. The third-order valence-corrected chi connectivity index (χ3v) is 4.46. The Morgan fingerprint density at radius 1 is 1.04 bits per heavy atom. The van der Waals surface area contributed by atoms with Crippen LogP contribution in [-0.2, 0) is 0 Å². The molecule has 28 heavy (non-hydrogen) atoms. The number of rotatable bonds is 7. The maximum absolute atomic E-state index is 5.56. The van der Waals surface area contributed by atoms with Gasteiger partial charge in [0.25, 0.3) is 0 Å². The molecule has 140 valence electrons. The normalized spacial score (nSPS) is 10.5. The maximum atomic E-state index is 5.56. The van der Waals surface area contributed by atoms with Crippen molar-refractivity contribution in [3.8, 4) is 23.8 Å². The molecule has 0 spiro atoms. The molecule has 0 fully saturated rings. The highest BCUT2D eigenvalue weighted by atomic mass is 79.9. The monoisotopic (exact) mass is 434 g/mol. The lowest BCUT2D eigenvalue weighted by Gasteiger charge is -2.19. The van der Waals surface area contributed by atoms with Crippen LogP contribution in [0.25, 0.3) is 0 Å². The Morgan fingerprint density at radius 2 is 1.64 bits per heavy atom. The summed E-state index contributed by atoms with van der Waals surface area (Å²) in [6.07, 6.45) is 7.06. The SMILES string of the molecule is C#CCOc1c(Br)cc(/C=N\N(c2ccccc2)c2ccccc2)cc1OC. The van der Waals surface area contributed by atoms with E-state index in [1.165, 1.54) is 0 Å². The van der Waals surface area contributed by atoms with Crippen molar-refractivity contribution in [3.63, 3.8) is 0 Å². The minimum absolute atomic E-state index is 0.165. The van der Waals surface area contributed by atoms with Crippen molar-refractivity contribution in [2.75, 3.05) is 18.7 Å². The molecule has 0 atom stereocenters. The summed E-state index contributed by atoms with van der Waals surface area (Å²) in [5, 5.41) is 6.58. The summed E-state index contributed by atoms with van der Waals surface area (Å²) in [7, 11) is 1.59. The van der Waals surface area contributed by atoms with Crippen molar-refractivity contribution >= 4 is 33.5 Å². The van der Waals surface area contributed by atoms with E-state index in [2.05, 4.69) is 21.9 Å². The Hall–Kier alpha value is -3.23. The van der Waals surface area contributed by atoms with Crippen molar-refractivity contribution in [2.24, 2.45) is 5.10 Å². The highest BCUT2D eigenvalue weighted by Crippen LogP contribution is 2.36. The van der Waals surface area contributed by atoms with E-state index in [9.17, 15) is 0 Å². The van der Waals surface area contributed by atoms with Gasteiger partial charge in [-0.25, -0.2) is 5.01 Å². The molecule has 0 aliphatic heterocycles. The third-order valence-electron chi connectivity index (χ3n) is 3.88. The fraction of sp³-hybridized carbons (Fsp3) is 0.0870. The van der Waals surface area contributed by atoms with Crippen LogP contribution in [-0.4, -0.2) is 19.9 Å². The largest absolute Gasteiger partial charge is 0.493 e. The molecule has 0 saturated carbocycles. The summed E-state index contributed by atoms with van der Waals surface area (Å²) in [6, 6.07) is 23.7. The Morgan fingerprint density at radius 3 is 2.18 bits per heavy atom. The highest BCUT2D eigenvalue weighted by Gasteiger charge is 2.12. The van der Waals surface area contributed by atoms with Gasteiger partial charge in [-0.3, -0.25) is 0 Å². The van der Waals surface area contributed by atoms with Crippen molar-refractivity contribution in [1.82, 2.24) is 0 Å². The zero-order chi connectivity index (χ0) is 19.8. The zero-order valence-corrected chi connectivity index (χ0v) is 17.0. The molecule has 0 saturated heterocycles. The molecule has 0 unspecified atom stereocenters. The number of halogens is 1. The predicted molar refractivity (Wildman–Crippen MR) is 118 cm³/mol. The van der Waals surface area contributed by atoms with Crippen molar-refractivity contribution < 1.29 is 9.47 Å². The molecular weight excluding hydrogens is 416 g/mol. The molecule has 3 aromatic rings. The topological polar surface area (TPSA) is 34.1 Å². The van der Waals surface area contributed by atoms with Gasteiger partial charge in [0, 0.05) is 0 Å². The number of nitrogens with zero attached hydrogens (tertiary/aromatic N) is 2. The quantitative estimate of drug-likeness (QED) is 0.274. The van der Waals surface area contributed by atoms with Crippen LogP contribution in [0, 0.1) is 12.3 Å². The van der Waals surface area contributed by atoms with Gasteiger partial charge in [0.1, 0.15) is 6.61 Å². The summed E-state index contributed by atoms with van der Waals surface area (Å²) in [6.45, 7) is 0.165. The molecular formula is C23H19BrN2O2.